The molecule has 7 heteroatoms. The molecule has 7 nitrogen and oxygen atoms in total. The topological polar surface area (TPSA) is 103 Å². The van der Waals surface area contributed by atoms with Gasteiger partial charge in [-0.2, -0.15) is 10.5 Å². The first-order valence-electron chi connectivity index (χ1n) is 5.60. The van der Waals surface area contributed by atoms with E-state index in [1.165, 1.54) is 12.1 Å². The predicted molar refractivity (Wildman–Crippen MR) is 65.4 cm³/mol. The Kier molecular flexibility index (Phi) is 3.60. The highest BCUT2D eigenvalue weighted by atomic mass is 16.6. The number of anilines is 1. The number of hydrogen-bond donors (Lipinski definition) is 0. The van der Waals surface area contributed by atoms with Gasteiger partial charge < -0.3 is 9.64 Å². The van der Waals surface area contributed by atoms with E-state index in [0.29, 0.717) is 25.4 Å². The molecule has 1 aromatic carbocycles. The zero-order valence-corrected chi connectivity index (χ0v) is 9.94. The number of ether oxygens (including phenoxy) is 1. The maximum absolute atomic E-state index is 10.7. The molecule has 1 aliphatic heterocycles. The maximum Gasteiger partial charge on any atom is 0.287 e. The Morgan fingerprint density at radius 2 is 2.26 bits per heavy atom. The molecule has 0 bridgehead atoms. The van der Waals surface area contributed by atoms with Crippen LogP contribution in [0, 0.1) is 32.8 Å². The number of rotatable bonds is 2. The Morgan fingerprint density at radius 1 is 1.47 bits per heavy atom. The second kappa shape index (κ2) is 5.34. The van der Waals surface area contributed by atoms with Gasteiger partial charge in [0.15, 0.2) is 6.10 Å². The molecular formula is C12H10N4O3. The number of nitro groups is 1. The minimum Gasteiger partial charge on any atom is -0.365 e. The van der Waals surface area contributed by atoms with Gasteiger partial charge in [0, 0.05) is 18.3 Å². The van der Waals surface area contributed by atoms with Crippen molar-refractivity contribution in [1.29, 1.82) is 10.5 Å². The van der Waals surface area contributed by atoms with Gasteiger partial charge in [-0.25, -0.2) is 0 Å². The number of nitrogens with zero attached hydrogens (tertiary/aromatic N) is 4. The average Bonchev–Trinajstić information content (AvgIpc) is 2.46. The number of nitriles is 2. The largest absolute Gasteiger partial charge is 0.365 e. The van der Waals surface area contributed by atoms with Crippen molar-refractivity contribution in [1.82, 2.24) is 0 Å². The van der Waals surface area contributed by atoms with Crippen LogP contribution in [0.2, 0.25) is 0 Å². The first-order chi connectivity index (χ1) is 9.15. The van der Waals surface area contributed by atoms with Gasteiger partial charge in [-0.05, 0) is 12.1 Å². The van der Waals surface area contributed by atoms with Crippen LogP contribution in [0.5, 0.6) is 0 Å². The molecule has 0 amide bonds. The van der Waals surface area contributed by atoms with Crippen LogP contribution >= 0.6 is 0 Å². The summed E-state index contributed by atoms with van der Waals surface area (Å²) in [7, 11) is 0. The second-order valence-corrected chi connectivity index (χ2v) is 4.00. The zero-order chi connectivity index (χ0) is 13.8. The molecule has 1 atom stereocenters. The summed E-state index contributed by atoms with van der Waals surface area (Å²) in [4.78, 5) is 12.0. The molecule has 1 heterocycles. The van der Waals surface area contributed by atoms with E-state index in [1.807, 2.05) is 17.0 Å². The monoisotopic (exact) mass is 258 g/mol. The Morgan fingerprint density at radius 3 is 2.89 bits per heavy atom. The molecule has 1 saturated heterocycles. The fraction of sp³-hybridized carbons (Fsp3) is 0.333. The van der Waals surface area contributed by atoms with Crippen molar-refractivity contribution in [3.63, 3.8) is 0 Å². The quantitative estimate of drug-likeness (QED) is 0.583. The number of morpholine rings is 1. The van der Waals surface area contributed by atoms with Gasteiger partial charge in [-0.3, -0.25) is 10.1 Å². The first-order valence-corrected chi connectivity index (χ1v) is 5.60. The van der Waals surface area contributed by atoms with Crippen molar-refractivity contribution in [2.45, 2.75) is 6.10 Å². The van der Waals surface area contributed by atoms with Crippen molar-refractivity contribution < 1.29 is 9.66 Å². The van der Waals surface area contributed by atoms with Crippen LogP contribution in [-0.4, -0.2) is 30.7 Å². The zero-order valence-electron chi connectivity index (χ0n) is 9.94. The van der Waals surface area contributed by atoms with Gasteiger partial charge in [0.1, 0.15) is 11.6 Å². The normalized spacial score (nSPS) is 18.4. The first kappa shape index (κ1) is 12.8. The van der Waals surface area contributed by atoms with E-state index in [-0.39, 0.29) is 11.3 Å². The van der Waals surface area contributed by atoms with E-state index in [0.717, 1.165) is 0 Å². The summed E-state index contributed by atoms with van der Waals surface area (Å²) in [5.41, 5.74) is 0.490. The highest BCUT2D eigenvalue weighted by Crippen LogP contribution is 2.25. The summed E-state index contributed by atoms with van der Waals surface area (Å²) in [6.07, 6.45) is -0.519. The molecule has 1 fully saturated rings. The maximum atomic E-state index is 10.7. The van der Waals surface area contributed by atoms with Crippen LogP contribution in [-0.2, 0) is 4.74 Å². The highest BCUT2D eigenvalue weighted by Gasteiger charge is 2.22. The molecule has 1 unspecified atom stereocenters. The van der Waals surface area contributed by atoms with Crippen LogP contribution in [0.3, 0.4) is 0 Å². The third-order valence-corrected chi connectivity index (χ3v) is 2.87. The van der Waals surface area contributed by atoms with E-state index >= 15 is 0 Å². The molecule has 0 aromatic heterocycles. The second-order valence-electron chi connectivity index (χ2n) is 4.00. The third-order valence-electron chi connectivity index (χ3n) is 2.87. The van der Waals surface area contributed by atoms with Gasteiger partial charge in [0.2, 0.25) is 0 Å². The van der Waals surface area contributed by atoms with Crippen LogP contribution in [0.15, 0.2) is 18.2 Å². The fourth-order valence-corrected chi connectivity index (χ4v) is 1.93. The average molecular weight is 258 g/mol. The fourth-order valence-electron chi connectivity index (χ4n) is 1.93. The lowest BCUT2D eigenvalue weighted by atomic mass is 10.1. The third kappa shape index (κ3) is 2.62. The van der Waals surface area contributed by atoms with Crippen molar-refractivity contribution in [2.75, 3.05) is 24.6 Å². The van der Waals surface area contributed by atoms with Gasteiger partial charge in [-0.15, -0.1) is 0 Å². The number of hydrogen-bond acceptors (Lipinski definition) is 6. The predicted octanol–water partition coefficient (Wildman–Crippen LogP) is 1.20. The summed E-state index contributed by atoms with van der Waals surface area (Å²) in [5, 5.41) is 28.5. The molecule has 0 spiro atoms. The van der Waals surface area contributed by atoms with Crippen molar-refractivity contribution in [2.24, 2.45) is 0 Å². The molecule has 0 radical (unpaired) electrons. The minimum atomic E-state index is -0.584. The van der Waals surface area contributed by atoms with Crippen LogP contribution in [0.4, 0.5) is 11.4 Å². The molecular weight excluding hydrogens is 248 g/mol. The highest BCUT2D eigenvalue weighted by molar-refractivity contribution is 5.60. The minimum absolute atomic E-state index is 0.0162. The molecule has 2 rings (SSSR count). The Bertz CT molecular complexity index is 588. The lowest BCUT2D eigenvalue weighted by Crippen LogP contribution is -2.41. The summed E-state index contributed by atoms with van der Waals surface area (Å²) in [5.74, 6) is 0. The van der Waals surface area contributed by atoms with Crippen molar-refractivity contribution in [3.8, 4) is 12.1 Å². The van der Waals surface area contributed by atoms with E-state index in [1.54, 1.807) is 6.07 Å². The summed E-state index contributed by atoms with van der Waals surface area (Å²) >= 11 is 0. The van der Waals surface area contributed by atoms with Crippen LogP contribution in [0.25, 0.3) is 0 Å². The number of benzene rings is 1. The van der Waals surface area contributed by atoms with E-state index < -0.39 is 11.0 Å². The van der Waals surface area contributed by atoms with Gasteiger partial charge in [-0.1, -0.05) is 0 Å². The molecule has 0 saturated carbocycles. The molecule has 0 N–H and O–H groups in total. The molecule has 0 aliphatic carbocycles. The molecule has 96 valence electrons. The van der Waals surface area contributed by atoms with E-state index in [4.69, 9.17) is 15.3 Å². The summed E-state index contributed by atoms with van der Waals surface area (Å²) in [6.45, 7) is 1.39. The Balaban J connectivity index is 2.29. The summed E-state index contributed by atoms with van der Waals surface area (Å²) < 4.78 is 5.22. The van der Waals surface area contributed by atoms with E-state index in [9.17, 15) is 10.1 Å². The Hall–Kier alpha value is -2.64. The lowest BCUT2D eigenvalue weighted by Gasteiger charge is -2.31. The van der Waals surface area contributed by atoms with Crippen LogP contribution < -0.4 is 4.90 Å². The standard InChI is InChI=1S/C12H10N4O3/c13-6-9-5-10(1-2-12(9)16(17)18)15-3-4-19-11(7-14)8-15/h1-2,5,11H,3-4,8H2. The number of nitro benzene ring substituents is 1. The van der Waals surface area contributed by atoms with E-state index in [2.05, 4.69) is 0 Å². The van der Waals surface area contributed by atoms with Crippen LogP contribution in [0.1, 0.15) is 5.56 Å². The SMILES string of the molecule is N#Cc1cc(N2CCOC(C#N)C2)ccc1[N+](=O)[O-]. The smallest absolute Gasteiger partial charge is 0.287 e. The van der Waals surface area contributed by atoms with Gasteiger partial charge >= 0.3 is 0 Å². The molecule has 19 heavy (non-hydrogen) atoms. The molecule has 1 aromatic rings. The van der Waals surface area contributed by atoms with Gasteiger partial charge in [0.05, 0.1) is 24.1 Å². The summed E-state index contributed by atoms with van der Waals surface area (Å²) in [6, 6.07) is 8.20. The van der Waals surface area contributed by atoms with Crippen molar-refractivity contribution >= 4 is 11.4 Å². The lowest BCUT2D eigenvalue weighted by molar-refractivity contribution is -0.385. The molecule has 1 aliphatic rings. The van der Waals surface area contributed by atoms with Gasteiger partial charge in [0.25, 0.3) is 5.69 Å². The van der Waals surface area contributed by atoms with Crippen molar-refractivity contribution in [3.05, 3.63) is 33.9 Å². The Labute approximate surface area is 109 Å².